The van der Waals surface area contributed by atoms with E-state index in [0.29, 0.717) is 12.0 Å². The summed E-state index contributed by atoms with van der Waals surface area (Å²) < 4.78 is 0. The Balaban J connectivity index is 2.61. The average Bonchev–Trinajstić information content (AvgIpc) is 2.03. The van der Waals surface area contributed by atoms with E-state index in [9.17, 15) is 0 Å². The molecule has 1 nitrogen and oxygen atoms in total. The minimum absolute atomic E-state index is 0.270. The van der Waals surface area contributed by atoms with Gasteiger partial charge in [0.2, 0.25) is 0 Å². The summed E-state index contributed by atoms with van der Waals surface area (Å²) in [5.74, 6) is 0.573. The van der Waals surface area contributed by atoms with E-state index in [0.717, 1.165) is 6.42 Å². The Kier molecular flexibility index (Phi) is 2.71. The van der Waals surface area contributed by atoms with Gasteiger partial charge in [0.05, 0.1) is 6.04 Å². The van der Waals surface area contributed by atoms with Gasteiger partial charge in [-0.1, -0.05) is 39.8 Å². The van der Waals surface area contributed by atoms with Gasteiger partial charge in [0.15, 0.2) is 0 Å². The van der Waals surface area contributed by atoms with Gasteiger partial charge in [-0.25, -0.2) is 0 Å². The molecular formula is C11H19N. The fourth-order valence-corrected chi connectivity index (χ4v) is 1.30. The summed E-state index contributed by atoms with van der Waals surface area (Å²) in [6, 6.07) is 0.375. The Bertz CT molecular complexity index is 182. The number of allylic oxidation sites excluding steroid dienone is 1. The van der Waals surface area contributed by atoms with Crippen molar-refractivity contribution in [2.75, 3.05) is 0 Å². The lowest BCUT2D eigenvalue weighted by molar-refractivity contribution is 0.364. The molecular weight excluding hydrogens is 146 g/mol. The highest BCUT2D eigenvalue weighted by atomic mass is 14.8. The van der Waals surface area contributed by atoms with Crippen molar-refractivity contribution in [3.8, 4) is 0 Å². The summed E-state index contributed by atoms with van der Waals surface area (Å²) in [7, 11) is 0. The summed E-state index contributed by atoms with van der Waals surface area (Å²) >= 11 is 0. The van der Waals surface area contributed by atoms with Gasteiger partial charge in [0.1, 0.15) is 0 Å². The highest BCUT2D eigenvalue weighted by Crippen LogP contribution is 2.26. The number of hydrogen-bond acceptors (Lipinski definition) is 1. The molecule has 1 aliphatic rings. The molecule has 1 rings (SSSR count). The Morgan fingerprint density at radius 2 is 1.92 bits per heavy atom. The molecule has 0 aromatic rings. The Morgan fingerprint density at radius 3 is 2.25 bits per heavy atom. The number of nitrogens with zero attached hydrogens (tertiary/aromatic N) is 1. The SMILES string of the molecule is CCC1C=CC(C(C)(C)C)N=C1. The van der Waals surface area contributed by atoms with Crippen LogP contribution in [0.3, 0.4) is 0 Å². The van der Waals surface area contributed by atoms with Gasteiger partial charge in [-0.15, -0.1) is 0 Å². The smallest absolute Gasteiger partial charge is 0.0724 e. The van der Waals surface area contributed by atoms with Gasteiger partial charge in [0.25, 0.3) is 0 Å². The van der Waals surface area contributed by atoms with E-state index >= 15 is 0 Å². The van der Waals surface area contributed by atoms with Crippen LogP contribution in [0.1, 0.15) is 34.1 Å². The molecule has 0 amide bonds. The molecule has 0 spiro atoms. The lowest BCUT2D eigenvalue weighted by atomic mass is 9.85. The van der Waals surface area contributed by atoms with E-state index in [1.54, 1.807) is 0 Å². The maximum Gasteiger partial charge on any atom is 0.0724 e. The third-order valence-electron chi connectivity index (χ3n) is 2.34. The summed E-state index contributed by atoms with van der Waals surface area (Å²) in [4.78, 5) is 4.54. The molecule has 1 aliphatic heterocycles. The van der Waals surface area contributed by atoms with Crippen LogP contribution in [0, 0.1) is 11.3 Å². The molecule has 0 saturated carbocycles. The highest BCUT2D eigenvalue weighted by Gasteiger charge is 2.22. The Hall–Kier alpha value is -0.590. The van der Waals surface area contributed by atoms with Crippen LogP contribution in [-0.2, 0) is 0 Å². The predicted molar refractivity (Wildman–Crippen MR) is 54.7 cm³/mol. The van der Waals surface area contributed by atoms with Crippen LogP contribution in [0.25, 0.3) is 0 Å². The van der Waals surface area contributed by atoms with Crippen molar-refractivity contribution in [3.05, 3.63) is 12.2 Å². The van der Waals surface area contributed by atoms with E-state index in [1.165, 1.54) is 0 Å². The lowest BCUT2D eigenvalue weighted by Gasteiger charge is -2.27. The van der Waals surface area contributed by atoms with Crippen LogP contribution in [0.5, 0.6) is 0 Å². The molecule has 0 saturated heterocycles. The van der Waals surface area contributed by atoms with Crippen LogP contribution in [0.2, 0.25) is 0 Å². The maximum atomic E-state index is 4.54. The monoisotopic (exact) mass is 165 g/mol. The van der Waals surface area contributed by atoms with Crippen LogP contribution in [0.4, 0.5) is 0 Å². The largest absolute Gasteiger partial charge is 0.289 e. The molecule has 12 heavy (non-hydrogen) atoms. The van der Waals surface area contributed by atoms with Crippen LogP contribution >= 0.6 is 0 Å². The molecule has 1 heteroatoms. The zero-order valence-electron chi connectivity index (χ0n) is 8.54. The summed E-state index contributed by atoms with van der Waals surface area (Å²) in [5, 5.41) is 0. The van der Waals surface area contributed by atoms with E-state index in [2.05, 4.69) is 51.1 Å². The highest BCUT2D eigenvalue weighted by molar-refractivity contribution is 5.65. The third kappa shape index (κ3) is 2.20. The maximum absolute atomic E-state index is 4.54. The topological polar surface area (TPSA) is 12.4 Å². The first-order valence-corrected chi connectivity index (χ1v) is 4.75. The van der Waals surface area contributed by atoms with Gasteiger partial charge in [-0.05, 0) is 11.8 Å². The number of dihydropyridines is 1. The average molecular weight is 165 g/mol. The molecule has 0 bridgehead atoms. The van der Waals surface area contributed by atoms with Crippen molar-refractivity contribution in [2.24, 2.45) is 16.3 Å². The van der Waals surface area contributed by atoms with Gasteiger partial charge in [-0.3, -0.25) is 4.99 Å². The lowest BCUT2D eigenvalue weighted by Crippen LogP contribution is -2.25. The van der Waals surface area contributed by atoms with E-state index in [1.807, 2.05) is 0 Å². The molecule has 1 heterocycles. The molecule has 2 unspecified atom stereocenters. The minimum Gasteiger partial charge on any atom is -0.289 e. The minimum atomic E-state index is 0.270. The fourth-order valence-electron chi connectivity index (χ4n) is 1.30. The first-order valence-electron chi connectivity index (χ1n) is 4.75. The van der Waals surface area contributed by atoms with Crippen molar-refractivity contribution < 1.29 is 0 Å². The summed E-state index contributed by atoms with van der Waals surface area (Å²) in [6.45, 7) is 8.88. The van der Waals surface area contributed by atoms with E-state index in [4.69, 9.17) is 0 Å². The van der Waals surface area contributed by atoms with Crippen molar-refractivity contribution in [1.82, 2.24) is 0 Å². The standard InChI is InChI=1S/C11H19N/c1-5-9-6-7-10(12-8-9)11(2,3)4/h6-10H,5H2,1-4H3. The first-order chi connectivity index (χ1) is 5.54. The van der Waals surface area contributed by atoms with Crippen LogP contribution in [0.15, 0.2) is 17.1 Å². The second-order valence-electron chi connectivity index (χ2n) is 4.57. The van der Waals surface area contributed by atoms with Crippen molar-refractivity contribution in [1.29, 1.82) is 0 Å². The number of rotatable bonds is 1. The molecule has 0 aliphatic carbocycles. The van der Waals surface area contributed by atoms with Crippen molar-refractivity contribution in [2.45, 2.75) is 40.2 Å². The number of aliphatic imine (C=N–C) groups is 1. The zero-order chi connectivity index (χ0) is 9.19. The molecule has 68 valence electrons. The molecule has 0 aromatic carbocycles. The van der Waals surface area contributed by atoms with Crippen molar-refractivity contribution in [3.63, 3.8) is 0 Å². The van der Waals surface area contributed by atoms with E-state index in [-0.39, 0.29) is 5.41 Å². The third-order valence-corrected chi connectivity index (χ3v) is 2.34. The summed E-state index contributed by atoms with van der Waals surface area (Å²) in [6.07, 6.45) is 7.78. The van der Waals surface area contributed by atoms with E-state index < -0.39 is 0 Å². The summed E-state index contributed by atoms with van der Waals surface area (Å²) in [5.41, 5.74) is 0.270. The van der Waals surface area contributed by atoms with Crippen LogP contribution in [-0.4, -0.2) is 12.3 Å². The Morgan fingerprint density at radius 1 is 1.25 bits per heavy atom. The van der Waals surface area contributed by atoms with Gasteiger partial charge in [0, 0.05) is 12.1 Å². The van der Waals surface area contributed by atoms with Gasteiger partial charge in [-0.2, -0.15) is 0 Å². The second kappa shape index (κ2) is 3.42. The quantitative estimate of drug-likeness (QED) is 0.529. The van der Waals surface area contributed by atoms with Gasteiger partial charge < -0.3 is 0 Å². The molecule has 0 aromatic heterocycles. The second-order valence-corrected chi connectivity index (χ2v) is 4.57. The first kappa shape index (κ1) is 9.50. The zero-order valence-corrected chi connectivity index (χ0v) is 8.54. The van der Waals surface area contributed by atoms with Crippen molar-refractivity contribution >= 4 is 6.21 Å². The molecule has 0 N–H and O–H groups in total. The molecule has 2 atom stereocenters. The predicted octanol–water partition coefficient (Wildman–Crippen LogP) is 3.07. The number of hydrogen-bond donors (Lipinski definition) is 0. The Labute approximate surface area is 75.6 Å². The normalized spacial score (nSPS) is 29.3. The fraction of sp³-hybridized carbons (Fsp3) is 0.727. The van der Waals surface area contributed by atoms with Gasteiger partial charge >= 0.3 is 0 Å². The molecule has 0 radical (unpaired) electrons. The van der Waals surface area contributed by atoms with Crippen LogP contribution < -0.4 is 0 Å². The molecule has 0 fully saturated rings.